The van der Waals surface area contributed by atoms with Crippen LogP contribution in [0.4, 0.5) is 0 Å². The van der Waals surface area contributed by atoms with E-state index in [0.717, 1.165) is 27.7 Å². The summed E-state index contributed by atoms with van der Waals surface area (Å²) in [5, 5.41) is 12.6. The third-order valence-electron chi connectivity index (χ3n) is 6.91. The van der Waals surface area contributed by atoms with Gasteiger partial charge in [-0.2, -0.15) is 0 Å². The highest BCUT2D eigenvalue weighted by Gasteiger charge is 2.24. The molecule has 1 atom stereocenters. The number of nitrogens with zero attached hydrogens (tertiary/aromatic N) is 2. The first-order chi connectivity index (χ1) is 18.8. The van der Waals surface area contributed by atoms with Crippen LogP contribution in [0.1, 0.15) is 44.1 Å². The number of rotatable bonds is 7. The minimum absolute atomic E-state index is 0.129. The normalized spacial score (nSPS) is 14.1. The molecule has 9 heteroatoms. The quantitative estimate of drug-likeness (QED) is 0.308. The number of aliphatic carboxylic acids is 1. The van der Waals surface area contributed by atoms with E-state index in [1.165, 1.54) is 0 Å². The molecule has 1 aliphatic heterocycles. The SMILES string of the molecule is Cc1cccc(Cl)c1C(=O)N[C@@H](Cc1ccc(C2=CCN(C(=O)c3nc4ccccc4[nH]3)CC2)cc1)C(=O)O. The molecule has 39 heavy (non-hydrogen) atoms. The molecule has 0 spiro atoms. The molecule has 1 aromatic heterocycles. The summed E-state index contributed by atoms with van der Waals surface area (Å²) in [5.74, 6) is -1.44. The average molecular weight is 543 g/mol. The van der Waals surface area contributed by atoms with Crippen molar-refractivity contribution in [3.63, 3.8) is 0 Å². The van der Waals surface area contributed by atoms with E-state index in [0.29, 0.717) is 30.9 Å². The first-order valence-corrected chi connectivity index (χ1v) is 13.0. The van der Waals surface area contributed by atoms with E-state index in [2.05, 4.69) is 15.3 Å². The van der Waals surface area contributed by atoms with Crippen molar-refractivity contribution in [2.24, 2.45) is 0 Å². The van der Waals surface area contributed by atoms with Crippen LogP contribution >= 0.6 is 11.6 Å². The summed E-state index contributed by atoms with van der Waals surface area (Å²) in [6.45, 7) is 2.79. The average Bonchev–Trinajstić information content (AvgIpc) is 3.37. The summed E-state index contributed by atoms with van der Waals surface area (Å²) in [4.78, 5) is 46.9. The van der Waals surface area contributed by atoms with Crippen molar-refractivity contribution < 1.29 is 19.5 Å². The molecular formula is C30H27ClN4O4. The van der Waals surface area contributed by atoms with Gasteiger partial charge < -0.3 is 20.3 Å². The number of aryl methyl sites for hydroxylation is 1. The molecule has 0 saturated heterocycles. The summed E-state index contributed by atoms with van der Waals surface area (Å²) < 4.78 is 0. The lowest BCUT2D eigenvalue weighted by Crippen LogP contribution is -2.42. The summed E-state index contributed by atoms with van der Waals surface area (Å²) in [6.07, 6.45) is 2.85. The lowest BCUT2D eigenvalue weighted by molar-refractivity contribution is -0.139. The molecule has 0 aliphatic carbocycles. The number of para-hydroxylation sites is 2. The van der Waals surface area contributed by atoms with E-state index in [9.17, 15) is 19.5 Å². The van der Waals surface area contributed by atoms with Crippen molar-refractivity contribution in [1.82, 2.24) is 20.2 Å². The number of nitrogens with one attached hydrogen (secondary N) is 2. The topological polar surface area (TPSA) is 115 Å². The number of aromatic nitrogens is 2. The number of aromatic amines is 1. The summed E-state index contributed by atoms with van der Waals surface area (Å²) in [5.41, 5.74) is 5.45. The van der Waals surface area contributed by atoms with Crippen molar-refractivity contribution in [1.29, 1.82) is 0 Å². The minimum Gasteiger partial charge on any atom is -0.480 e. The van der Waals surface area contributed by atoms with Crippen LogP contribution in [0.2, 0.25) is 5.02 Å². The molecule has 5 rings (SSSR count). The number of imidazole rings is 1. The van der Waals surface area contributed by atoms with Gasteiger partial charge in [0, 0.05) is 19.5 Å². The van der Waals surface area contributed by atoms with E-state index < -0.39 is 17.9 Å². The number of amides is 2. The van der Waals surface area contributed by atoms with Gasteiger partial charge in [-0.25, -0.2) is 9.78 Å². The predicted octanol–water partition coefficient (Wildman–Crippen LogP) is 4.88. The van der Waals surface area contributed by atoms with Gasteiger partial charge >= 0.3 is 5.97 Å². The largest absolute Gasteiger partial charge is 0.480 e. The molecule has 4 aromatic rings. The summed E-state index contributed by atoms with van der Waals surface area (Å²) >= 11 is 6.17. The van der Waals surface area contributed by atoms with Crippen LogP contribution < -0.4 is 5.32 Å². The zero-order valence-corrected chi connectivity index (χ0v) is 22.0. The summed E-state index contributed by atoms with van der Waals surface area (Å²) in [7, 11) is 0. The van der Waals surface area contributed by atoms with Gasteiger partial charge in [0.1, 0.15) is 6.04 Å². The minimum atomic E-state index is -1.12. The number of fused-ring (bicyclic) bond motifs is 1. The molecule has 3 N–H and O–H groups in total. The van der Waals surface area contributed by atoms with Crippen LogP contribution in [0.15, 0.2) is 72.8 Å². The molecule has 2 heterocycles. The molecule has 8 nitrogen and oxygen atoms in total. The Bertz CT molecular complexity index is 1540. The van der Waals surface area contributed by atoms with E-state index in [1.807, 2.05) is 54.6 Å². The number of benzene rings is 3. The Morgan fingerprint density at radius 3 is 2.51 bits per heavy atom. The number of halogens is 1. The van der Waals surface area contributed by atoms with Crippen LogP contribution in [0.25, 0.3) is 16.6 Å². The Morgan fingerprint density at radius 2 is 1.85 bits per heavy atom. The van der Waals surface area contributed by atoms with E-state index >= 15 is 0 Å². The van der Waals surface area contributed by atoms with Crippen LogP contribution in [-0.4, -0.2) is 56.9 Å². The zero-order valence-electron chi connectivity index (χ0n) is 21.3. The maximum Gasteiger partial charge on any atom is 0.326 e. The first kappa shape index (κ1) is 26.2. The summed E-state index contributed by atoms with van der Waals surface area (Å²) in [6, 6.07) is 19.1. The lowest BCUT2D eigenvalue weighted by Gasteiger charge is -2.26. The molecule has 0 radical (unpaired) electrons. The molecule has 0 fully saturated rings. The predicted molar refractivity (Wildman–Crippen MR) is 150 cm³/mol. The van der Waals surface area contributed by atoms with Gasteiger partial charge in [0.25, 0.3) is 11.8 Å². The number of carboxylic acids is 1. The highest BCUT2D eigenvalue weighted by atomic mass is 35.5. The Balaban J connectivity index is 1.22. The smallest absolute Gasteiger partial charge is 0.326 e. The van der Waals surface area contributed by atoms with Crippen LogP contribution in [0.5, 0.6) is 0 Å². The number of carbonyl (C=O) groups is 3. The van der Waals surface area contributed by atoms with Gasteiger partial charge in [-0.3, -0.25) is 9.59 Å². The maximum absolute atomic E-state index is 12.9. The molecule has 0 unspecified atom stereocenters. The number of hydrogen-bond donors (Lipinski definition) is 3. The van der Waals surface area contributed by atoms with Gasteiger partial charge in [-0.15, -0.1) is 0 Å². The van der Waals surface area contributed by atoms with Crippen LogP contribution in [0, 0.1) is 6.92 Å². The van der Waals surface area contributed by atoms with Crippen molar-refractivity contribution in [3.05, 3.63) is 106 Å². The Labute approximate surface area is 230 Å². The number of carboxylic acid groups (broad SMARTS) is 1. The van der Waals surface area contributed by atoms with Crippen LogP contribution in [-0.2, 0) is 11.2 Å². The highest BCUT2D eigenvalue weighted by molar-refractivity contribution is 6.34. The third-order valence-corrected chi connectivity index (χ3v) is 7.22. The third kappa shape index (κ3) is 5.71. The highest BCUT2D eigenvalue weighted by Crippen LogP contribution is 2.24. The van der Waals surface area contributed by atoms with Gasteiger partial charge in [0.05, 0.1) is 21.6 Å². The molecule has 2 amide bonds. The van der Waals surface area contributed by atoms with E-state index in [-0.39, 0.29) is 22.9 Å². The van der Waals surface area contributed by atoms with Gasteiger partial charge in [-0.05, 0) is 53.8 Å². The zero-order chi connectivity index (χ0) is 27.5. The number of hydrogen-bond acceptors (Lipinski definition) is 4. The second-order valence-electron chi connectivity index (χ2n) is 9.53. The van der Waals surface area contributed by atoms with Crippen molar-refractivity contribution in [3.8, 4) is 0 Å². The Hall–Kier alpha value is -4.43. The lowest BCUT2D eigenvalue weighted by atomic mass is 9.96. The number of carbonyl (C=O) groups excluding carboxylic acids is 2. The Kier molecular flexibility index (Phi) is 7.47. The number of H-pyrrole nitrogens is 1. The monoisotopic (exact) mass is 542 g/mol. The molecule has 0 bridgehead atoms. The molecule has 1 aliphatic rings. The second kappa shape index (κ2) is 11.1. The van der Waals surface area contributed by atoms with Crippen molar-refractivity contribution >= 4 is 46.0 Å². The van der Waals surface area contributed by atoms with Crippen molar-refractivity contribution in [2.75, 3.05) is 13.1 Å². The van der Waals surface area contributed by atoms with E-state index in [4.69, 9.17) is 11.6 Å². The first-order valence-electron chi connectivity index (χ1n) is 12.6. The molecule has 3 aromatic carbocycles. The van der Waals surface area contributed by atoms with Gasteiger partial charge in [0.15, 0.2) is 5.82 Å². The molecule has 198 valence electrons. The fraction of sp³-hybridized carbons (Fsp3) is 0.200. The second-order valence-corrected chi connectivity index (χ2v) is 9.94. The standard InChI is InChI=1S/C30H27ClN4O4/c1-18-5-4-6-22(31)26(18)28(36)34-25(30(38)39)17-19-9-11-20(12-10-19)21-13-15-35(16-14-21)29(37)27-32-23-7-2-3-8-24(23)33-27/h2-13,25H,14-17H2,1H3,(H,32,33)(H,34,36)(H,38,39)/t25-/m0/s1. The fourth-order valence-electron chi connectivity index (χ4n) is 4.76. The fourth-order valence-corrected chi connectivity index (χ4v) is 5.07. The van der Waals surface area contributed by atoms with Crippen molar-refractivity contribution in [2.45, 2.75) is 25.8 Å². The molecule has 0 saturated carbocycles. The van der Waals surface area contributed by atoms with Gasteiger partial charge in [0.2, 0.25) is 0 Å². The van der Waals surface area contributed by atoms with Crippen LogP contribution in [0.3, 0.4) is 0 Å². The maximum atomic E-state index is 12.9. The van der Waals surface area contributed by atoms with E-state index in [1.54, 1.807) is 30.0 Å². The van der Waals surface area contributed by atoms with Gasteiger partial charge in [-0.1, -0.05) is 66.2 Å². The Morgan fingerprint density at radius 1 is 1.08 bits per heavy atom. The molecular weight excluding hydrogens is 516 g/mol.